The Morgan fingerprint density at radius 2 is 2.30 bits per heavy atom. The van der Waals surface area contributed by atoms with Crippen molar-refractivity contribution in [2.75, 3.05) is 0 Å². The molecule has 1 saturated carbocycles. The molecule has 2 rings (SSSR count). The summed E-state index contributed by atoms with van der Waals surface area (Å²) in [6.07, 6.45) is 3.42. The molecule has 0 aromatic carbocycles. The first-order valence-electron chi connectivity index (χ1n) is 3.62. The number of alkyl halides is 1. The summed E-state index contributed by atoms with van der Waals surface area (Å²) in [5.74, 6) is 0.292. The number of carbonyl (C=O) groups excluding carboxylic acids is 1. The van der Waals surface area contributed by atoms with Gasteiger partial charge in [0.25, 0.3) is 0 Å². The van der Waals surface area contributed by atoms with Gasteiger partial charge in [0.1, 0.15) is 6.10 Å². The van der Waals surface area contributed by atoms with Gasteiger partial charge in [-0.15, -0.1) is 0 Å². The predicted octanol–water partition coefficient (Wildman–Crippen LogP) is 1.52. The van der Waals surface area contributed by atoms with Gasteiger partial charge >= 0.3 is 5.97 Å². The van der Waals surface area contributed by atoms with Crippen LogP contribution in [0.4, 0.5) is 0 Å². The van der Waals surface area contributed by atoms with Crippen molar-refractivity contribution >= 4 is 28.6 Å². The van der Waals surface area contributed by atoms with Crippen LogP contribution >= 0.6 is 22.6 Å². The van der Waals surface area contributed by atoms with Crippen LogP contribution in [0.3, 0.4) is 0 Å². The Morgan fingerprint density at radius 3 is 3.00 bits per heavy atom. The monoisotopic (exact) mass is 252 g/mol. The van der Waals surface area contributed by atoms with E-state index < -0.39 is 0 Å². The van der Waals surface area contributed by atoms with Crippen LogP contribution in [0.15, 0.2) is 0 Å². The van der Waals surface area contributed by atoms with Crippen LogP contribution in [0, 0.1) is 5.92 Å². The normalized spacial score (nSPS) is 45.3. The molecule has 56 valence electrons. The maximum Gasteiger partial charge on any atom is 0.309 e. The Hall–Kier alpha value is 0.200. The number of hydrogen-bond acceptors (Lipinski definition) is 2. The van der Waals surface area contributed by atoms with Crippen molar-refractivity contribution in [1.82, 2.24) is 0 Å². The lowest BCUT2D eigenvalue weighted by atomic mass is 9.90. The lowest BCUT2D eigenvalue weighted by Gasteiger charge is -2.19. The molecule has 1 aliphatic heterocycles. The van der Waals surface area contributed by atoms with E-state index >= 15 is 0 Å². The maximum atomic E-state index is 11.0. The first-order valence-corrected chi connectivity index (χ1v) is 4.86. The molecule has 2 nitrogen and oxygen atoms in total. The highest BCUT2D eigenvalue weighted by Gasteiger charge is 2.41. The Labute approximate surface area is 73.5 Å². The highest BCUT2D eigenvalue weighted by atomic mass is 127. The number of halogens is 1. The average molecular weight is 252 g/mol. The van der Waals surface area contributed by atoms with Gasteiger partial charge in [0.05, 0.1) is 5.92 Å². The molecule has 1 unspecified atom stereocenters. The van der Waals surface area contributed by atoms with E-state index in [4.69, 9.17) is 4.74 Å². The summed E-state index contributed by atoms with van der Waals surface area (Å²) in [6.45, 7) is 0. The zero-order valence-corrected chi connectivity index (χ0v) is 7.71. The quantitative estimate of drug-likeness (QED) is 0.371. The summed E-state index contributed by atoms with van der Waals surface area (Å²) >= 11 is 2.38. The maximum absolute atomic E-state index is 11.0. The van der Waals surface area contributed by atoms with E-state index in [1.54, 1.807) is 0 Å². The molecule has 3 heteroatoms. The zero-order chi connectivity index (χ0) is 7.14. The molecule has 1 heterocycles. The van der Waals surface area contributed by atoms with Crippen LogP contribution in [-0.4, -0.2) is 16.0 Å². The standard InChI is InChI=1S/C7H9IO2/c8-5-2-1-4-3-6(5)10-7(4)9/h4-6H,1-3H2/t4-,5?,6-/m0/s1. The summed E-state index contributed by atoms with van der Waals surface area (Å²) in [5, 5.41) is 0. The van der Waals surface area contributed by atoms with Crippen LogP contribution in [-0.2, 0) is 9.53 Å². The minimum absolute atomic E-state index is 0.0455. The smallest absolute Gasteiger partial charge is 0.309 e. The molecule has 0 radical (unpaired) electrons. The first-order chi connectivity index (χ1) is 4.77. The summed E-state index contributed by atoms with van der Waals surface area (Å²) in [6, 6.07) is 0. The van der Waals surface area contributed by atoms with Gasteiger partial charge < -0.3 is 4.74 Å². The van der Waals surface area contributed by atoms with E-state index in [9.17, 15) is 4.79 Å². The van der Waals surface area contributed by atoms with Crippen molar-refractivity contribution in [3.8, 4) is 0 Å². The molecule has 0 N–H and O–H groups in total. The molecule has 1 saturated heterocycles. The Kier molecular flexibility index (Phi) is 1.62. The number of hydrogen-bond donors (Lipinski definition) is 0. The topological polar surface area (TPSA) is 26.3 Å². The van der Waals surface area contributed by atoms with Gasteiger partial charge in [-0.1, -0.05) is 22.6 Å². The van der Waals surface area contributed by atoms with Crippen LogP contribution < -0.4 is 0 Å². The fourth-order valence-electron chi connectivity index (χ4n) is 1.67. The average Bonchev–Trinajstić information content (AvgIpc) is 2.21. The molecule has 2 fully saturated rings. The lowest BCUT2D eigenvalue weighted by molar-refractivity contribution is -0.143. The largest absolute Gasteiger partial charge is 0.461 e. The van der Waals surface area contributed by atoms with E-state index in [2.05, 4.69) is 22.6 Å². The van der Waals surface area contributed by atoms with Crippen LogP contribution in [0.5, 0.6) is 0 Å². The molecule has 0 aromatic rings. The van der Waals surface area contributed by atoms with Gasteiger partial charge in [-0.3, -0.25) is 4.79 Å². The zero-order valence-electron chi connectivity index (χ0n) is 5.55. The molecule has 10 heavy (non-hydrogen) atoms. The molecule has 0 spiro atoms. The highest BCUT2D eigenvalue weighted by molar-refractivity contribution is 14.1. The highest BCUT2D eigenvalue weighted by Crippen LogP contribution is 2.37. The Bertz CT molecular complexity index is 169. The number of ether oxygens (including phenoxy) is 1. The van der Waals surface area contributed by atoms with Crippen LogP contribution in [0.25, 0.3) is 0 Å². The minimum Gasteiger partial charge on any atom is -0.461 e. The van der Waals surface area contributed by atoms with Gasteiger partial charge in [-0.2, -0.15) is 0 Å². The molecule has 2 aliphatic rings. The van der Waals surface area contributed by atoms with E-state index in [0.29, 0.717) is 3.92 Å². The summed E-state index contributed by atoms with van der Waals surface area (Å²) in [4.78, 5) is 11.0. The SMILES string of the molecule is O=C1O[C@H]2C[C@@H]1CCC2I. The van der Waals surface area contributed by atoms with Crippen molar-refractivity contribution < 1.29 is 9.53 Å². The summed E-state index contributed by atoms with van der Waals surface area (Å²) < 4.78 is 5.72. The Morgan fingerprint density at radius 1 is 1.50 bits per heavy atom. The molecular formula is C7H9IO2. The molecule has 2 bridgehead atoms. The summed E-state index contributed by atoms with van der Waals surface area (Å²) in [5.41, 5.74) is 0. The van der Waals surface area contributed by atoms with Gasteiger partial charge in [0.15, 0.2) is 0 Å². The number of esters is 1. The van der Waals surface area contributed by atoms with Crippen molar-refractivity contribution in [2.45, 2.75) is 29.3 Å². The predicted molar refractivity (Wildman–Crippen MR) is 45.0 cm³/mol. The third-order valence-electron chi connectivity index (χ3n) is 2.31. The van der Waals surface area contributed by atoms with E-state index in [1.165, 1.54) is 0 Å². The molecule has 0 aromatic heterocycles. The van der Waals surface area contributed by atoms with Gasteiger partial charge in [0, 0.05) is 3.92 Å². The number of rotatable bonds is 0. The fraction of sp³-hybridized carbons (Fsp3) is 0.857. The molecular weight excluding hydrogens is 243 g/mol. The molecule has 3 atom stereocenters. The minimum atomic E-state index is 0.0455. The van der Waals surface area contributed by atoms with Crippen molar-refractivity contribution in [3.63, 3.8) is 0 Å². The van der Waals surface area contributed by atoms with Crippen LogP contribution in [0.1, 0.15) is 19.3 Å². The second-order valence-corrected chi connectivity index (χ2v) is 4.60. The number of carbonyl (C=O) groups is 1. The Balaban J connectivity index is 2.15. The van der Waals surface area contributed by atoms with Gasteiger partial charge in [-0.25, -0.2) is 0 Å². The van der Waals surface area contributed by atoms with E-state index in [0.717, 1.165) is 19.3 Å². The summed E-state index contributed by atoms with van der Waals surface area (Å²) in [7, 11) is 0. The van der Waals surface area contributed by atoms with Crippen molar-refractivity contribution in [1.29, 1.82) is 0 Å². The molecule has 1 aliphatic carbocycles. The number of fused-ring (bicyclic) bond motifs is 2. The van der Waals surface area contributed by atoms with Crippen molar-refractivity contribution in [2.24, 2.45) is 5.92 Å². The van der Waals surface area contributed by atoms with Gasteiger partial charge in [0.2, 0.25) is 0 Å². The fourth-order valence-corrected chi connectivity index (χ4v) is 2.47. The third-order valence-corrected chi connectivity index (χ3v) is 3.74. The van der Waals surface area contributed by atoms with Crippen LogP contribution in [0.2, 0.25) is 0 Å². The van der Waals surface area contributed by atoms with E-state index in [-0.39, 0.29) is 18.0 Å². The lowest BCUT2D eigenvalue weighted by Crippen LogP contribution is -2.22. The molecule has 0 amide bonds. The second kappa shape index (κ2) is 2.36. The second-order valence-electron chi connectivity index (χ2n) is 3.00. The van der Waals surface area contributed by atoms with Gasteiger partial charge in [-0.05, 0) is 19.3 Å². The van der Waals surface area contributed by atoms with E-state index in [1.807, 2.05) is 0 Å². The third kappa shape index (κ3) is 0.946. The van der Waals surface area contributed by atoms with Crippen molar-refractivity contribution in [3.05, 3.63) is 0 Å². The first kappa shape index (κ1) is 6.88.